The molecule has 1 amide bonds. The lowest BCUT2D eigenvalue weighted by Crippen LogP contribution is -2.38. The van der Waals surface area contributed by atoms with Crippen molar-refractivity contribution in [1.29, 1.82) is 0 Å². The zero-order chi connectivity index (χ0) is 30.8. The van der Waals surface area contributed by atoms with E-state index in [0.29, 0.717) is 16.5 Å². The number of aryl methyl sites for hydroxylation is 1. The van der Waals surface area contributed by atoms with Gasteiger partial charge in [-0.2, -0.15) is 0 Å². The van der Waals surface area contributed by atoms with Gasteiger partial charge in [-0.25, -0.2) is 22.0 Å². The average molecular weight is 621 g/mol. The van der Waals surface area contributed by atoms with E-state index in [9.17, 15) is 31.9 Å². The van der Waals surface area contributed by atoms with E-state index in [0.717, 1.165) is 11.1 Å². The second-order valence-corrected chi connectivity index (χ2v) is 10.9. The Morgan fingerprint density at radius 3 is 2.12 bits per heavy atom. The number of ether oxygens (including phenoxy) is 2. The summed E-state index contributed by atoms with van der Waals surface area (Å²) in [5.41, 5.74) is 0.613. The monoisotopic (exact) mass is 620 g/mol. The normalized spacial score (nSPS) is 20.3. The third-order valence-corrected chi connectivity index (χ3v) is 8.17. The number of aliphatic hydroxyl groups excluding tert-OH is 1. The van der Waals surface area contributed by atoms with Gasteiger partial charge in [0.15, 0.2) is 34.7 Å². The molecular formula is C29H25F5N4O4S. The summed E-state index contributed by atoms with van der Waals surface area (Å²) in [5, 5.41) is 20.3. The molecular weight excluding hydrogens is 595 g/mol. The number of nitrogens with one attached hydrogen (secondary N) is 1. The summed E-state index contributed by atoms with van der Waals surface area (Å²) in [6.45, 7) is 1.90. The van der Waals surface area contributed by atoms with Crippen molar-refractivity contribution >= 4 is 23.4 Å². The third-order valence-electron chi connectivity index (χ3n) is 7.05. The van der Waals surface area contributed by atoms with Crippen LogP contribution in [0.15, 0.2) is 60.0 Å². The number of hydrogen-bond donors (Lipinski definition) is 2. The largest absolute Gasteiger partial charge is 0.392 e. The van der Waals surface area contributed by atoms with E-state index in [1.165, 1.54) is 23.9 Å². The van der Waals surface area contributed by atoms with Gasteiger partial charge in [0, 0.05) is 30.0 Å². The first-order valence-corrected chi connectivity index (χ1v) is 14.0. The fourth-order valence-electron chi connectivity index (χ4n) is 4.59. The molecule has 226 valence electrons. The van der Waals surface area contributed by atoms with Crippen LogP contribution in [0.3, 0.4) is 0 Å². The first kappa shape index (κ1) is 30.6. The molecule has 1 fully saturated rings. The second-order valence-electron chi connectivity index (χ2n) is 9.88. The third kappa shape index (κ3) is 6.27. The number of carbonyl (C=O) groups is 1. The van der Waals surface area contributed by atoms with Crippen LogP contribution >= 0.6 is 11.8 Å². The van der Waals surface area contributed by atoms with Crippen molar-refractivity contribution < 1.29 is 41.3 Å². The van der Waals surface area contributed by atoms with Gasteiger partial charge in [0.05, 0.1) is 18.8 Å². The topological polar surface area (TPSA) is 98.5 Å². The summed E-state index contributed by atoms with van der Waals surface area (Å²) in [7, 11) is 1.83. The van der Waals surface area contributed by atoms with Crippen molar-refractivity contribution in [3.63, 3.8) is 0 Å². The molecule has 3 aromatic carbocycles. The minimum Gasteiger partial charge on any atom is -0.392 e. The van der Waals surface area contributed by atoms with Gasteiger partial charge in [-0.3, -0.25) is 4.79 Å². The van der Waals surface area contributed by atoms with Crippen LogP contribution in [0.4, 0.5) is 27.6 Å². The van der Waals surface area contributed by atoms with Gasteiger partial charge in [-0.1, -0.05) is 55.1 Å². The Kier molecular flexibility index (Phi) is 9.11. The van der Waals surface area contributed by atoms with Crippen molar-refractivity contribution in [1.82, 2.24) is 14.8 Å². The molecule has 4 unspecified atom stereocenters. The predicted octanol–water partition coefficient (Wildman–Crippen LogP) is 5.84. The highest BCUT2D eigenvalue weighted by molar-refractivity contribution is 7.99. The van der Waals surface area contributed by atoms with E-state index in [1.807, 2.05) is 26.1 Å². The van der Waals surface area contributed by atoms with E-state index in [1.54, 1.807) is 35.2 Å². The second kappa shape index (κ2) is 12.8. The highest BCUT2D eigenvalue weighted by atomic mass is 32.2. The zero-order valence-electron chi connectivity index (χ0n) is 22.7. The lowest BCUT2D eigenvalue weighted by molar-refractivity contribution is -0.268. The number of anilines is 1. The van der Waals surface area contributed by atoms with E-state index in [2.05, 4.69) is 15.5 Å². The molecule has 43 heavy (non-hydrogen) atoms. The van der Waals surface area contributed by atoms with Gasteiger partial charge in [0.1, 0.15) is 11.9 Å². The van der Waals surface area contributed by atoms with Crippen LogP contribution in [-0.2, 0) is 23.1 Å². The van der Waals surface area contributed by atoms with Crippen LogP contribution in [0.1, 0.15) is 46.4 Å². The Bertz CT molecular complexity index is 1590. The van der Waals surface area contributed by atoms with Crippen LogP contribution in [-0.4, -0.2) is 37.6 Å². The van der Waals surface area contributed by atoms with Crippen LogP contribution in [0, 0.1) is 35.0 Å². The van der Waals surface area contributed by atoms with Crippen LogP contribution < -0.4 is 5.32 Å². The van der Waals surface area contributed by atoms with Gasteiger partial charge >= 0.3 is 0 Å². The van der Waals surface area contributed by atoms with Gasteiger partial charge in [-0.15, -0.1) is 10.2 Å². The van der Waals surface area contributed by atoms with Crippen LogP contribution in [0.2, 0.25) is 0 Å². The van der Waals surface area contributed by atoms with Crippen molar-refractivity contribution in [2.24, 2.45) is 13.0 Å². The molecule has 2 heterocycles. The lowest BCUT2D eigenvalue weighted by Gasteiger charge is -2.41. The fourth-order valence-corrected chi connectivity index (χ4v) is 5.64. The Morgan fingerprint density at radius 2 is 1.53 bits per heavy atom. The molecule has 4 atom stereocenters. The van der Waals surface area contributed by atoms with Crippen LogP contribution in [0.25, 0.3) is 0 Å². The molecule has 5 rings (SSSR count). The molecule has 14 heteroatoms. The van der Waals surface area contributed by atoms with Gasteiger partial charge in [0.2, 0.25) is 5.82 Å². The molecule has 0 spiro atoms. The minimum atomic E-state index is -2.35. The minimum absolute atomic E-state index is 0.0346. The number of carbonyl (C=O) groups excluding carboxylic acids is 1. The molecule has 4 aromatic rings. The van der Waals surface area contributed by atoms with Gasteiger partial charge < -0.3 is 24.5 Å². The Morgan fingerprint density at radius 1 is 0.930 bits per heavy atom. The van der Waals surface area contributed by atoms with E-state index >= 15 is 0 Å². The SMILES string of the molecule is CC1C(CSc2nncn2C)OC(c2ccc(NC(=O)c3c(F)c(F)c(F)c(F)c3F)cc2)OC1c1ccc(CO)cc1. The first-order valence-electron chi connectivity index (χ1n) is 13.0. The number of aliphatic hydroxyl groups is 1. The number of thioether (sulfide) groups is 1. The predicted molar refractivity (Wildman–Crippen MR) is 145 cm³/mol. The van der Waals surface area contributed by atoms with E-state index in [-0.39, 0.29) is 24.3 Å². The molecule has 0 saturated carbocycles. The number of rotatable bonds is 8. The van der Waals surface area contributed by atoms with Gasteiger partial charge in [0.25, 0.3) is 5.91 Å². The summed E-state index contributed by atoms with van der Waals surface area (Å²) in [6.07, 6.45) is 0.0300. The first-order chi connectivity index (χ1) is 20.6. The Balaban J connectivity index is 1.37. The summed E-state index contributed by atoms with van der Waals surface area (Å²) in [5.74, 6) is -12.3. The van der Waals surface area contributed by atoms with Crippen molar-refractivity contribution in [3.8, 4) is 0 Å². The number of amides is 1. The maximum atomic E-state index is 14.1. The fraction of sp³-hybridized carbons (Fsp3) is 0.276. The van der Waals surface area contributed by atoms with Gasteiger partial charge in [-0.05, 0) is 23.3 Å². The van der Waals surface area contributed by atoms with Crippen molar-refractivity contribution in [3.05, 3.63) is 106 Å². The van der Waals surface area contributed by atoms with Crippen molar-refractivity contribution in [2.45, 2.75) is 37.2 Å². The summed E-state index contributed by atoms with van der Waals surface area (Å²) < 4.78 is 83.2. The van der Waals surface area contributed by atoms with Crippen LogP contribution in [0.5, 0.6) is 0 Å². The molecule has 1 aliphatic heterocycles. The molecule has 0 radical (unpaired) electrons. The number of benzene rings is 3. The molecule has 2 N–H and O–H groups in total. The highest BCUT2D eigenvalue weighted by Gasteiger charge is 2.38. The molecule has 8 nitrogen and oxygen atoms in total. The molecule has 1 aromatic heterocycles. The number of hydrogen-bond acceptors (Lipinski definition) is 7. The molecule has 0 aliphatic carbocycles. The van der Waals surface area contributed by atoms with E-state index < -0.39 is 53.0 Å². The molecule has 0 bridgehead atoms. The maximum Gasteiger partial charge on any atom is 0.261 e. The number of nitrogens with zero attached hydrogens (tertiary/aromatic N) is 3. The summed E-state index contributed by atoms with van der Waals surface area (Å²) in [6, 6.07) is 13.2. The average Bonchev–Trinajstić information content (AvgIpc) is 3.43. The smallest absolute Gasteiger partial charge is 0.261 e. The van der Waals surface area contributed by atoms with Crippen molar-refractivity contribution in [2.75, 3.05) is 11.1 Å². The number of halogens is 5. The summed E-state index contributed by atoms with van der Waals surface area (Å²) >= 11 is 1.47. The highest BCUT2D eigenvalue weighted by Crippen LogP contribution is 2.43. The Hall–Kier alpha value is -3.85. The zero-order valence-corrected chi connectivity index (χ0v) is 23.5. The summed E-state index contributed by atoms with van der Waals surface area (Å²) in [4.78, 5) is 12.5. The maximum absolute atomic E-state index is 14.1. The quantitative estimate of drug-likeness (QED) is 0.111. The number of aromatic nitrogens is 3. The Labute approximate surface area is 246 Å². The molecule has 1 saturated heterocycles. The molecule has 1 aliphatic rings. The standard InChI is InChI=1S/C29H25F5N4O4S/c1-14-19(12-43-29-37-35-13-38(29)2)41-28(42-26(14)16-5-3-15(11-39)4-6-16)17-7-9-18(10-8-17)36-27(40)20-21(30)23(32)25(34)24(33)22(20)31/h3-10,13-14,19,26,28,39H,11-12H2,1-2H3,(H,36,40). The lowest BCUT2D eigenvalue weighted by atomic mass is 9.91. The van der Waals surface area contributed by atoms with E-state index in [4.69, 9.17) is 9.47 Å².